The molecule has 0 unspecified atom stereocenters. The van der Waals surface area contributed by atoms with E-state index in [1.807, 2.05) is 19.9 Å². The number of benzene rings is 2. The van der Waals surface area contributed by atoms with Crippen LogP contribution in [0.5, 0.6) is 0 Å². The van der Waals surface area contributed by atoms with Crippen LogP contribution in [0.15, 0.2) is 42.5 Å². The first-order valence-corrected chi connectivity index (χ1v) is 8.45. The van der Waals surface area contributed by atoms with Crippen molar-refractivity contribution in [2.75, 3.05) is 0 Å². The quantitative estimate of drug-likeness (QED) is 0.835. The Morgan fingerprint density at radius 1 is 0.885 bits per heavy atom. The van der Waals surface area contributed by atoms with E-state index in [-0.39, 0.29) is 11.7 Å². The fourth-order valence-electron chi connectivity index (χ4n) is 3.33. The highest BCUT2D eigenvalue weighted by Crippen LogP contribution is 2.38. The molecule has 0 bridgehead atoms. The van der Waals surface area contributed by atoms with Crippen molar-refractivity contribution in [3.63, 3.8) is 0 Å². The fourth-order valence-corrected chi connectivity index (χ4v) is 3.33. The molecule has 0 atom stereocenters. The maximum absolute atomic E-state index is 12.9. The van der Waals surface area contributed by atoms with Crippen molar-refractivity contribution in [2.24, 2.45) is 17.4 Å². The molecule has 2 rings (SSSR count). The molecular formula is C21H24N2O3. The number of carbonyl (C=O) groups excluding carboxylic acids is 3. The predicted molar refractivity (Wildman–Crippen MR) is 102 cm³/mol. The molecule has 0 aliphatic carbocycles. The van der Waals surface area contributed by atoms with E-state index in [9.17, 15) is 14.4 Å². The second kappa shape index (κ2) is 7.12. The van der Waals surface area contributed by atoms with Gasteiger partial charge in [-0.3, -0.25) is 14.4 Å². The van der Waals surface area contributed by atoms with Crippen LogP contribution in [0.4, 0.5) is 0 Å². The van der Waals surface area contributed by atoms with Crippen LogP contribution in [0.3, 0.4) is 0 Å². The number of ketones is 1. The van der Waals surface area contributed by atoms with E-state index in [1.165, 1.54) is 0 Å². The molecule has 0 heterocycles. The van der Waals surface area contributed by atoms with Crippen molar-refractivity contribution in [2.45, 2.75) is 33.1 Å². The first-order chi connectivity index (χ1) is 12.1. The van der Waals surface area contributed by atoms with Gasteiger partial charge in [-0.15, -0.1) is 0 Å². The highest BCUT2D eigenvalue weighted by molar-refractivity contribution is 6.02. The average Bonchev–Trinajstić information content (AvgIpc) is 2.60. The van der Waals surface area contributed by atoms with E-state index in [2.05, 4.69) is 0 Å². The van der Waals surface area contributed by atoms with Crippen molar-refractivity contribution in [3.8, 4) is 11.1 Å². The number of nitrogens with two attached hydrogens (primary N) is 2. The maximum atomic E-state index is 12.9. The SMILES string of the molecule is CC(C)C(=O)C(C)(C)c1c(C(N)=O)cccc1-c1ccc(C(N)=O)cc1. The van der Waals surface area contributed by atoms with Gasteiger partial charge in [-0.2, -0.15) is 0 Å². The summed E-state index contributed by atoms with van der Waals surface area (Å²) in [5.74, 6) is -1.28. The van der Waals surface area contributed by atoms with Gasteiger partial charge in [0.05, 0.1) is 0 Å². The third kappa shape index (κ3) is 3.52. The van der Waals surface area contributed by atoms with E-state index in [1.54, 1.807) is 50.2 Å². The summed E-state index contributed by atoms with van der Waals surface area (Å²) in [5.41, 5.74) is 12.8. The fraction of sp³-hybridized carbons (Fsp3) is 0.286. The van der Waals surface area contributed by atoms with Crippen molar-refractivity contribution in [3.05, 3.63) is 59.2 Å². The van der Waals surface area contributed by atoms with Crippen LogP contribution in [0.25, 0.3) is 11.1 Å². The van der Waals surface area contributed by atoms with E-state index < -0.39 is 17.2 Å². The summed E-state index contributed by atoms with van der Waals surface area (Å²) in [6.45, 7) is 7.27. The summed E-state index contributed by atoms with van der Waals surface area (Å²) in [5, 5.41) is 0. The molecule has 0 aliphatic rings. The van der Waals surface area contributed by atoms with Gasteiger partial charge < -0.3 is 11.5 Å². The van der Waals surface area contributed by atoms with Crippen LogP contribution >= 0.6 is 0 Å². The average molecular weight is 352 g/mol. The number of carbonyl (C=O) groups is 3. The van der Waals surface area contributed by atoms with Crippen LogP contribution < -0.4 is 11.5 Å². The standard InChI is InChI=1S/C21H24N2O3/c1-12(2)18(24)21(3,4)17-15(6-5-7-16(17)20(23)26)13-8-10-14(11-9-13)19(22)25/h5-12H,1-4H3,(H2,22,25)(H2,23,26). The zero-order valence-corrected chi connectivity index (χ0v) is 15.5. The third-order valence-electron chi connectivity index (χ3n) is 4.58. The van der Waals surface area contributed by atoms with Crippen LogP contribution in [0.2, 0.25) is 0 Å². The number of Topliss-reactive ketones (excluding diaryl/α,β-unsaturated/α-hetero) is 1. The number of amides is 2. The van der Waals surface area contributed by atoms with Crippen molar-refractivity contribution in [1.82, 2.24) is 0 Å². The Balaban J connectivity index is 2.75. The molecule has 5 nitrogen and oxygen atoms in total. The largest absolute Gasteiger partial charge is 0.366 e. The molecule has 0 saturated carbocycles. The molecule has 26 heavy (non-hydrogen) atoms. The Bertz CT molecular complexity index is 865. The molecule has 0 aromatic heterocycles. The van der Waals surface area contributed by atoms with Crippen molar-refractivity contribution < 1.29 is 14.4 Å². The summed E-state index contributed by atoms with van der Waals surface area (Å²) < 4.78 is 0. The van der Waals surface area contributed by atoms with E-state index in [0.717, 1.165) is 11.1 Å². The van der Waals surface area contributed by atoms with Crippen LogP contribution in [-0.2, 0) is 10.2 Å². The molecule has 5 heteroatoms. The summed E-state index contributed by atoms with van der Waals surface area (Å²) in [6.07, 6.45) is 0. The minimum absolute atomic E-state index is 0.0150. The topological polar surface area (TPSA) is 103 Å². The van der Waals surface area contributed by atoms with Crippen molar-refractivity contribution >= 4 is 17.6 Å². The highest BCUT2D eigenvalue weighted by atomic mass is 16.1. The maximum Gasteiger partial charge on any atom is 0.249 e. The monoisotopic (exact) mass is 352 g/mol. The lowest BCUT2D eigenvalue weighted by Gasteiger charge is -2.30. The van der Waals surface area contributed by atoms with E-state index in [4.69, 9.17) is 11.5 Å². The first-order valence-electron chi connectivity index (χ1n) is 8.45. The van der Waals surface area contributed by atoms with E-state index in [0.29, 0.717) is 16.7 Å². The Morgan fingerprint density at radius 2 is 1.46 bits per heavy atom. The van der Waals surface area contributed by atoms with Gasteiger partial charge in [0, 0.05) is 22.5 Å². The van der Waals surface area contributed by atoms with Gasteiger partial charge in [-0.1, -0.05) is 38.1 Å². The lowest BCUT2D eigenvalue weighted by molar-refractivity contribution is -0.126. The van der Waals surface area contributed by atoms with Gasteiger partial charge in [-0.25, -0.2) is 0 Å². The summed E-state index contributed by atoms with van der Waals surface area (Å²) in [4.78, 5) is 36.2. The molecule has 2 aromatic rings. The lowest BCUT2D eigenvalue weighted by atomic mass is 9.72. The van der Waals surface area contributed by atoms with Crippen LogP contribution in [0.1, 0.15) is 54.0 Å². The van der Waals surface area contributed by atoms with Gasteiger partial charge in [-0.05, 0) is 48.7 Å². The Kier molecular flexibility index (Phi) is 5.30. The molecule has 4 N–H and O–H groups in total. The zero-order valence-electron chi connectivity index (χ0n) is 15.5. The molecular weight excluding hydrogens is 328 g/mol. The Hall–Kier alpha value is -2.95. The van der Waals surface area contributed by atoms with E-state index >= 15 is 0 Å². The zero-order chi connectivity index (χ0) is 19.6. The van der Waals surface area contributed by atoms with Gasteiger partial charge in [0.15, 0.2) is 0 Å². The van der Waals surface area contributed by atoms with Gasteiger partial charge in [0.25, 0.3) is 0 Å². The Morgan fingerprint density at radius 3 is 1.92 bits per heavy atom. The highest BCUT2D eigenvalue weighted by Gasteiger charge is 2.36. The minimum atomic E-state index is -0.905. The molecule has 0 radical (unpaired) electrons. The van der Waals surface area contributed by atoms with Gasteiger partial charge in [0.2, 0.25) is 11.8 Å². The molecule has 0 aliphatic heterocycles. The van der Waals surface area contributed by atoms with Gasteiger partial charge >= 0.3 is 0 Å². The summed E-state index contributed by atoms with van der Waals surface area (Å²) >= 11 is 0. The summed E-state index contributed by atoms with van der Waals surface area (Å²) in [7, 11) is 0. The number of hydrogen-bond acceptors (Lipinski definition) is 3. The molecule has 0 fully saturated rings. The smallest absolute Gasteiger partial charge is 0.249 e. The van der Waals surface area contributed by atoms with Crippen molar-refractivity contribution in [1.29, 1.82) is 0 Å². The number of primary amides is 2. The summed E-state index contributed by atoms with van der Waals surface area (Å²) in [6, 6.07) is 12.0. The number of hydrogen-bond donors (Lipinski definition) is 2. The predicted octanol–water partition coefficient (Wildman–Crippen LogP) is 3.05. The van der Waals surface area contributed by atoms with Crippen LogP contribution in [-0.4, -0.2) is 17.6 Å². The molecule has 136 valence electrons. The second-order valence-electron chi connectivity index (χ2n) is 7.18. The van der Waals surface area contributed by atoms with Crippen LogP contribution in [0, 0.1) is 5.92 Å². The minimum Gasteiger partial charge on any atom is -0.366 e. The lowest BCUT2D eigenvalue weighted by Crippen LogP contribution is -2.35. The molecule has 2 amide bonds. The second-order valence-corrected chi connectivity index (χ2v) is 7.18. The normalized spacial score (nSPS) is 11.4. The molecule has 0 spiro atoms. The van der Waals surface area contributed by atoms with Gasteiger partial charge in [0.1, 0.15) is 5.78 Å². The number of rotatable bonds is 6. The molecule has 0 saturated heterocycles. The Labute approximate surface area is 153 Å². The first kappa shape index (κ1) is 19.4. The third-order valence-corrected chi connectivity index (χ3v) is 4.58. The molecule has 2 aromatic carbocycles.